The van der Waals surface area contributed by atoms with Gasteiger partial charge in [-0.25, -0.2) is 4.39 Å². The van der Waals surface area contributed by atoms with E-state index in [9.17, 15) is 8.60 Å². The average molecular weight is 201 g/mol. The van der Waals surface area contributed by atoms with Gasteiger partial charge >= 0.3 is 0 Å². The Bertz CT molecular complexity index is 327. The maximum atomic E-state index is 13.2. The molecule has 1 atom stereocenters. The van der Waals surface area contributed by atoms with Gasteiger partial charge in [-0.1, -0.05) is 19.1 Å². The Morgan fingerprint density at radius 3 is 2.85 bits per heavy atom. The Hall–Kier alpha value is -0.900. The molecule has 0 radical (unpaired) electrons. The van der Waals surface area contributed by atoms with Crippen molar-refractivity contribution in [2.45, 2.75) is 12.7 Å². The SMILES string of the molecule is CCS(=O)Cc1cccc(N)c1F. The van der Waals surface area contributed by atoms with Crippen molar-refractivity contribution in [3.8, 4) is 0 Å². The number of benzene rings is 1. The third kappa shape index (κ3) is 2.52. The number of rotatable bonds is 3. The number of hydrogen-bond donors (Lipinski definition) is 1. The lowest BCUT2D eigenvalue weighted by atomic mass is 10.2. The minimum Gasteiger partial charge on any atom is -0.396 e. The van der Waals surface area contributed by atoms with Crippen LogP contribution in [0.15, 0.2) is 18.2 Å². The summed E-state index contributed by atoms with van der Waals surface area (Å²) >= 11 is 0. The van der Waals surface area contributed by atoms with Gasteiger partial charge in [0.2, 0.25) is 0 Å². The summed E-state index contributed by atoms with van der Waals surface area (Å²) in [4.78, 5) is 0. The molecule has 0 aromatic heterocycles. The molecule has 0 amide bonds. The highest BCUT2D eigenvalue weighted by Crippen LogP contribution is 2.15. The predicted molar refractivity (Wildman–Crippen MR) is 53.2 cm³/mol. The molecule has 0 aliphatic heterocycles. The van der Waals surface area contributed by atoms with E-state index in [4.69, 9.17) is 5.73 Å². The van der Waals surface area contributed by atoms with Crippen molar-refractivity contribution in [1.29, 1.82) is 0 Å². The Morgan fingerprint density at radius 1 is 1.54 bits per heavy atom. The summed E-state index contributed by atoms with van der Waals surface area (Å²) in [5, 5.41) is 0. The zero-order valence-corrected chi connectivity index (χ0v) is 8.23. The van der Waals surface area contributed by atoms with E-state index in [1.165, 1.54) is 6.07 Å². The molecule has 1 aromatic rings. The van der Waals surface area contributed by atoms with E-state index in [0.717, 1.165) is 0 Å². The normalized spacial score (nSPS) is 12.8. The number of nitrogen functional groups attached to an aromatic ring is 1. The van der Waals surface area contributed by atoms with Crippen LogP contribution in [0.5, 0.6) is 0 Å². The first kappa shape index (κ1) is 10.2. The molecule has 1 aromatic carbocycles. The van der Waals surface area contributed by atoms with Crippen molar-refractivity contribution >= 4 is 16.5 Å². The number of anilines is 1. The van der Waals surface area contributed by atoms with Crippen molar-refractivity contribution in [3.63, 3.8) is 0 Å². The minimum absolute atomic E-state index is 0.116. The minimum atomic E-state index is -0.992. The van der Waals surface area contributed by atoms with Crippen LogP contribution in [-0.2, 0) is 16.6 Å². The number of hydrogen-bond acceptors (Lipinski definition) is 2. The van der Waals surface area contributed by atoms with Gasteiger partial charge in [-0.05, 0) is 6.07 Å². The molecular formula is C9H12FNOS. The second-order valence-corrected chi connectivity index (χ2v) is 4.44. The summed E-state index contributed by atoms with van der Waals surface area (Å²) in [6.07, 6.45) is 0. The topological polar surface area (TPSA) is 43.1 Å². The molecule has 0 bridgehead atoms. The lowest BCUT2D eigenvalue weighted by Gasteiger charge is -2.03. The fourth-order valence-corrected chi connectivity index (χ4v) is 1.76. The molecule has 0 saturated heterocycles. The van der Waals surface area contributed by atoms with Crippen molar-refractivity contribution in [2.24, 2.45) is 0 Å². The lowest BCUT2D eigenvalue weighted by Crippen LogP contribution is -2.02. The van der Waals surface area contributed by atoms with Gasteiger partial charge in [0, 0.05) is 22.1 Å². The van der Waals surface area contributed by atoms with E-state index in [1.54, 1.807) is 19.1 Å². The Labute approximate surface area is 79.4 Å². The van der Waals surface area contributed by atoms with Gasteiger partial charge in [0.15, 0.2) is 0 Å². The highest BCUT2D eigenvalue weighted by atomic mass is 32.2. The quantitative estimate of drug-likeness (QED) is 0.756. The average Bonchev–Trinajstić information content (AvgIpc) is 2.13. The van der Waals surface area contributed by atoms with Crippen LogP contribution in [0.25, 0.3) is 0 Å². The molecule has 0 aliphatic carbocycles. The van der Waals surface area contributed by atoms with Crippen LogP contribution in [0.4, 0.5) is 10.1 Å². The molecule has 13 heavy (non-hydrogen) atoms. The molecule has 0 saturated carbocycles. The van der Waals surface area contributed by atoms with E-state index in [0.29, 0.717) is 11.3 Å². The molecule has 1 rings (SSSR count). The molecule has 72 valence electrons. The van der Waals surface area contributed by atoms with Crippen molar-refractivity contribution in [3.05, 3.63) is 29.6 Å². The number of nitrogens with two attached hydrogens (primary N) is 1. The first-order chi connectivity index (χ1) is 6.15. The van der Waals surface area contributed by atoms with E-state index in [1.807, 2.05) is 0 Å². The van der Waals surface area contributed by atoms with Gasteiger partial charge in [-0.15, -0.1) is 0 Å². The van der Waals surface area contributed by atoms with Crippen LogP contribution < -0.4 is 5.73 Å². The molecule has 1 unspecified atom stereocenters. The van der Waals surface area contributed by atoms with Gasteiger partial charge in [-0.3, -0.25) is 4.21 Å². The van der Waals surface area contributed by atoms with Crippen molar-refractivity contribution < 1.29 is 8.60 Å². The van der Waals surface area contributed by atoms with Crippen molar-refractivity contribution in [1.82, 2.24) is 0 Å². The highest BCUT2D eigenvalue weighted by Gasteiger charge is 2.07. The highest BCUT2D eigenvalue weighted by molar-refractivity contribution is 7.84. The predicted octanol–water partition coefficient (Wildman–Crippen LogP) is 1.68. The van der Waals surface area contributed by atoms with E-state index >= 15 is 0 Å². The Morgan fingerprint density at radius 2 is 2.23 bits per heavy atom. The zero-order chi connectivity index (χ0) is 9.84. The standard InChI is InChI=1S/C9H12FNOS/c1-2-13(12)6-7-4-3-5-8(11)9(7)10/h3-5H,2,6,11H2,1H3. The van der Waals surface area contributed by atoms with Crippen LogP contribution in [0.3, 0.4) is 0 Å². The lowest BCUT2D eigenvalue weighted by molar-refractivity contribution is 0.620. The fraction of sp³-hybridized carbons (Fsp3) is 0.333. The maximum absolute atomic E-state index is 13.2. The molecular weight excluding hydrogens is 189 g/mol. The van der Waals surface area contributed by atoms with Gasteiger partial charge in [0.1, 0.15) is 5.82 Å². The second-order valence-electron chi connectivity index (χ2n) is 2.69. The van der Waals surface area contributed by atoms with Gasteiger partial charge in [0.05, 0.1) is 11.4 Å². The summed E-state index contributed by atoms with van der Waals surface area (Å²) in [6.45, 7) is 1.81. The van der Waals surface area contributed by atoms with Crippen LogP contribution in [0, 0.1) is 5.82 Å². The van der Waals surface area contributed by atoms with Crippen LogP contribution in [0.2, 0.25) is 0 Å². The molecule has 2 N–H and O–H groups in total. The van der Waals surface area contributed by atoms with Crippen LogP contribution >= 0.6 is 0 Å². The van der Waals surface area contributed by atoms with Gasteiger partial charge < -0.3 is 5.73 Å². The number of halogens is 1. The summed E-state index contributed by atoms with van der Waals surface area (Å²) < 4.78 is 24.4. The fourth-order valence-electron chi connectivity index (χ4n) is 0.987. The first-order valence-electron chi connectivity index (χ1n) is 4.03. The van der Waals surface area contributed by atoms with Gasteiger partial charge in [0.25, 0.3) is 0 Å². The van der Waals surface area contributed by atoms with Crippen LogP contribution in [-0.4, -0.2) is 9.96 Å². The summed E-state index contributed by atoms with van der Waals surface area (Å²) in [5.41, 5.74) is 5.91. The molecule has 0 fully saturated rings. The summed E-state index contributed by atoms with van der Waals surface area (Å²) in [5.74, 6) is 0.339. The summed E-state index contributed by atoms with van der Waals surface area (Å²) in [6, 6.07) is 4.77. The van der Waals surface area contributed by atoms with Crippen molar-refractivity contribution in [2.75, 3.05) is 11.5 Å². The Balaban J connectivity index is 2.89. The molecule has 0 spiro atoms. The van der Waals surface area contributed by atoms with Gasteiger partial charge in [-0.2, -0.15) is 0 Å². The second kappa shape index (κ2) is 4.37. The molecule has 4 heteroatoms. The van der Waals surface area contributed by atoms with E-state index in [2.05, 4.69) is 0 Å². The molecule has 0 heterocycles. The third-order valence-corrected chi connectivity index (χ3v) is 3.02. The third-order valence-electron chi connectivity index (χ3n) is 1.75. The zero-order valence-electron chi connectivity index (χ0n) is 7.42. The molecule has 0 aliphatic rings. The van der Waals surface area contributed by atoms with Crippen LogP contribution in [0.1, 0.15) is 12.5 Å². The summed E-state index contributed by atoms with van der Waals surface area (Å²) in [7, 11) is -0.992. The van der Waals surface area contributed by atoms with E-state index < -0.39 is 16.6 Å². The molecule has 2 nitrogen and oxygen atoms in total. The smallest absolute Gasteiger partial charge is 0.150 e. The maximum Gasteiger partial charge on any atom is 0.150 e. The van der Waals surface area contributed by atoms with E-state index in [-0.39, 0.29) is 11.4 Å². The monoisotopic (exact) mass is 201 g/mol. The largest absolute Gasteiger partial charge is 0.396 e. The first-order valence-corrected chi connectivity index (χ1v) is 5.51. The Kier molecular flexibility index (Phi) is 3.42.